The van der Waals surface area contributed by atoms with Crippen LogP contribution in [0.5, 0.6) is 0 Å². The summed E-state index contributed by atoms with van der Waals surface area (Å²) in [5.41, 5.74) is 1.95. The molecule has 7 nitrogen and oxygen atoms in total. The normalized spacial score (nSPS) is 16.4. The fraction of sp³-hybridized carbons (Fsp3) is 0.474. The first-order valence-electron chi connectivity index (χ1n) is 9.03. The minimum Gasteiger partial charge on any atom is -0.335 e. The van der Waals surface area contributed by atoms with Crippen LogP contribution in [0.2, 0.25) is 0 Å². The van der Waals surface area contributed by atoms with Crippen LogP contribution in [-0.4, -0.2) is 62.9 Å². The lowest BCUT2D eigenvalue weighted by molar-refractivity contribution is 0.0570. The summed E-state index contributed by atoms with van der Waals surface area (Å²) >= 11 is 3.45. The van der Waals surface area contributed by atoms with E-state index in [0.717, 1.165) is 15.9 Å². The highest BCUT2D eigenvalue weighted by molar-refractivity contribution is 9.10. The number of amides is 1. The second-order valence-corrected chi connectivity index (χ2v) is 7.98. The van der Waals surface area contributed by atoms with Gasteiger partial charge in [-0.3, -0.25) is 9.69 Å². The van der Waals surface area contributed by atoms with Crippen LogP contribution in [0.15, 0.2) is 28.7 Å². The molecule has 1 fully saturated rings. The first kappa shape index (κ1) is 19.5. The lowest BCUT2D eigenvalue weighted by atomic mass is 10.0. The van der Waals surface area contributed by atoms with Gasteiger partial charge in [0.25, 0.3) is 5.91 Å². The van der Waals surface area contributed by atoms with E-state index in [4.69, 9.17) is 0 Å². The van der Waals surface area contributed by atoms with Gasteiger partial charge in [-0.15, -0.1) is 5.10 Å². The number of hydrogen-bond acceptors (Lipinski definition) is 5. The molecule has 8 heteroatoms. The lowest BCUT2D eigenvalue weighted by Crippen LogP contribution is -2.53. The van der Waals surface area contributed by atoms with Crippen LogP contribution in [0.25, 0.3) is 5.69 Å². The number of nitrogens with zero attached hydrogens (tertiary/aromatic N) is 6. The Morgan fingerprint density at radius 2 is 1.96 bits per heavy atom. The number of benzene rings is 1. The van der Waals surface area contributed by atoms with Gasteiger partial charge in [0.1, 0.15) is 6.04 Å². The predicted molar refractivity (Wildman–Crippen MR) is 106 cm³/mol. The molecule has 0 aliphatic carbocycles. The van der Waals surface area contributed by atoms with E-state index in [1.54, 1.807) is 9.58 Å². The maximum atomic E-state index is 12.9. The van der Waals surface area contributed by atoms with Gasteiger partial charge < -0.3 is 4.90 Å². The number of rotatable bonds is 4. The van der Waals surface area contributed by atoms with Crippen LogP contribution in [0.4, 0.5) is 0 Å². The van der Waals surface area contributed by atoms with Gasteiger partial charge in [-0.1, -0.05) is 41.1 Å². The van der Waals surface area contributed by atoms with Crippen molar-refractivity contribution in [1.29, 1.82) is 5.26 Å². The molecule has 1 aliphatic heterocycles. The minimum absolute atomic E-state index is 0.105. The number of nitriles is 1. The molecule has 1 aromatic carbocycles. The van der Waals surface area contributed by atoms with E-state index in [1.165, 1.54) is 0 Å². The molecule has 1 aromatic heterocycles. The minimum atomic E-state index is -0.110. The molecule has 2 heterocycles. The Bertz CT molecular complexity index is 863. The molecule has 0 spiro atoms. The second kappa shape index (κ2) is 8.19. The Labute approximate surface area is 167 Å². The Balaban J connectivity index is 1.72. The molecule has 0 saturated carbocycles. The monoisotopic (exact) mass is 430 g/mol. The van der Waals surface area contributed by atoms with E-state index in [9.17, 15) is 10.1 Å². The van der Waals surface area contributed by atoms with Crippen LogP contribution >= 0.6 is 15.9 Å². The SMILES string of the molecule is Cc1c(C(=O)N2CCN(C(C#N)C(C)C)CC2)nnn1-c1cccc(Br)c1. The molecule has 1 aliphatic rings. The first-order valence-corrected chi connectivity index (χ1v) is 9.83. The zero-order valence-corrected chi connectivity index (χ0v) is 17.3. The Morgan fingerprint density at radius 1 is 1.26 bits per heavy atom. The van der Waals surface area contributed by atoms with Crippen LogP contribution in [0.3, 0.4) is 0 Å². The van der Waals surface area contributed by atoms with Crippen LogP contribution in [-0.2, 0) is 0 Å². The summed E-state index contributed by atoms with van der Waals surface area (Å²) in [6.45, 7) is 8.53. The number of hydrogen-bond donors (Lipinski definition) is 0. The third-order valence-corrected chi connectivity index (χ3v) is 5.40. The summed E-state index contributed by atoms with van der Waals surface area (Å²) in [7, 11) is 0. The van der Waals surface area contributed by atoms with Gasteiger partial charge in [0.05, 0.1) is 17.5 Å². The molecule has 142 valence electrons. The molecular formula is C19H23BrN6O. The standard InChI is InChI=1S/C19H23BrN6O/c1-13(2)17(12-21)24-7-9-25(10-8-24)19(27)18-14(3)26(23-22-18)16-6-4-5-15(20)11-16/h4-6,11,13,17H,7-10H2,1-3H3. The summed E-state index contributed by atoms with van der Waals surface area (Å²) < 4.78 is 2.62. The van der Waals surface area contributed by atoms with Crippen molar-refractivity contribution in [3.63, 3.8) is 0 Å². The van der Waals surface area contributed by atoms with Gasteiger partial charge in [-0.05, 0) is 31.0 Å². The van der Waals surface area contributed by atoms with Gasteiger partial charge in [-0.25, -0.2) is 4.68 Å². The van der Waals surface area contributed by atoms with E-state index >= 15 is 0 Å². The third-order valence-electron chi connectivity index (χ3n) is 4.91. The largest absolute Gasteiger partial charge is 0.335 e. The summed E-state index contributed by atoms with van der Waals surface area (Å²) in [6, 6.07) is 9.98. The topological polar surface area (TPSA) is 78.1 Å². The maximum Gasteiger partial charge on any atom is 0.276 e. The molecule has 27 heavy (non-hydrogen) atoms. The van der Waals surface area contributed by atoms with Crippen molar-refractivity contribution >= 4 is 21.8 Å². The Kier molecular flexibility index (Phi) is 5.92. The number of piperazine rings is 1. The summed E-state index contributed by atoms with van der Waals surface area (Å²) in [4.78, 5) is 16.9. The number of carbonyl (C=O) groups excluding carboxylic acids is 1. The molecule has 0 radical (unpaired) electrons. The lowest BCUT2D eigenvalue weighted by Gasteiger charge is -2.37. The molecule has 1 amide bonds. The van der Waals surface area contributed by atoms with Crippen molar-refractivity contribution in [2.24, 2.45) is 5.92 Å². The van der Waals surface area contributed by atoms with Crippen LogP contribution < -0.4 is 0 Å². The Morgan fingerprint density at radius 3 is 2.56 bits per heavy atom. The molecule has 2 aromatic rings. The predicted octanol–water partition coefficient (Wildman–Crippen LogP) is 2.64. The van der Waals surface area contributed by atoms with Crippen molar-refractivity contribution in [1.82, 2.24) is 24.8 Å². The molecule has 1 saturated heterocycles. The first-order chi connectivity index (χ1) is 12.9. The number of carbonyl (C=O) groups is 1. The number of aromatic nitrogens is 3. The maximum absolute atomic E-state index is 12.9. The van der Waals surface area contributed by atoms with E-state index in [2.05, 4.69) is 51.1 Å². The van der Waals surface area contributed by atoms with Crippen LogP contribution in [0, 0.1) is 24.2 Å². The van der Waals surface area contributed by atoms with Crippen LogP contribution in [0.1, 0.15) is 30.0 Å². The van der Waals surface area contributed by atoms with Gasteiger partial charge in [0, 0.05) is 30.7 Å². The van der Waals surface area contributed by atoms with Gasteiger partial charge >= 0.3 is 0 Å². The fourth-order valence-corrected chi connectivity index (χ4v) is 3.77. The van der Waals surface area contributed by atoms with Crippen molar-refractivity contribution in [3.8, 4) is 11.8 Å². The zero-order valence-electron chi connectivity index (χ0n) is 15.8. The van der Waals surface area contributed by atoms with Gasteiger partial charge in [-0.2, -0.15) is 5.26 Å². The summed E-state index contributed by atoms with van der Waals surface area (Å²) in [6.07, 6.45) is 0. The van der Waals surface area contributed by atoms with Crippen molar-refractivity contribution < 1.29 is 4.79 Å². The van der Waals surface area contributed by atoms with E-state index in [0.29, 0.717) is 31.9 Å². The highest BCUT2D eigenvalue weighted by atomic mass is 79.9. The molecule has 1 atom stereocenters. The summed E-state index contributed by atoms with van der Waals surface area (Å²) in [5.74, 6) is 0.163. The highest BCUT2D eigenvalue weighted by Crippen LogP contribution is 2.19. The van der Waals surface area contributed by atoms with Crippen molar-refractivity contribution in [3.05, 3.63) is 40.1 Å². The van der Waals surface area contributed by atoms with Gasteiger partial charge in [0.15, 0.2) is 5.69 Å². The van der Waals surface area contributed by atoms with E-state index < -0.39 is 0 Å². The smallest absolute Gasteiger partial charge is 0.276 e. The number of halogens is 1. The average Bonchev–Trinajstić information content (AvgIpc) is 3.03. The van der Waals surface area contributed by atoms with Crippen molar-refractivity contribution in [2.45, 2.75) is 26.8 Å². The zero-order chi connectivity index (χ0) is 19.6. The van der Waals surface area contributed by atoms with E-state index in [-0.39, 0.29) is 17.9 Å². The highest BCUT2D eigenvalue weighted by Gasteiger charge is 2.30. The van der Waals surface area contributed by atoms with Gasteiger partial charge in [0.2, 0.25) is 0 Å². The molecule has 0 bridgehead atoms. The molecular weight excluding hydrogens is 408 g/mol. The second-order valence-electron chi connectivity index (χ2n) is 7.06. The van der Waals surface area contributed by atoms with E-state index in [1.807, 2.05) is 31.2 Å². The summed E-state index contributed by atoms with van der Waals surface area (Å²) in [5, 5.41) is 17.7. The Hall–Kier alpha value is -2.24. The average molecular weight is 431 g/mol. The fourth-order valence-electron chi connectivity index (χ4n) is 3.39. The van der Waals surface area contributed by atoms with Crippen molar-refractivity contribution in [2.75, 3.05) is 26.2 Å². The molecule has 1 unspecified atom stereocenters. The third kappa shape index (κ3) is 4.04. The quantitative estimate of drug-likeness (QED) is 0.744. The molecule has 3 rings (SSSR count). The molecule has 0 N–H and O–H groups in total.